The van der Waals surface area contributed by atoms with E-state index in [1.165, 1.54) is 97.9 Å². The van der Waals surface area contributed by atoms with E-state index in [4.69, 9.17) is 9.47 Å². The average molecular weight is 1010 g/mol. The van der Waals surface area contributed by atoms with E-state index in [2.05, 4.69) is 255 Å². The first kappa shape index (κ1) is 48.1. The predicted molar refractivity (Wildman–Crippen MR) is 326 cm³/mol. The molecule has 0 spiro atoms. The molecular weight excluding hydrogens is 944 g/mol. The fraction of sp³-hybridized carbons (Fsp3) is 0.229. The van der Waals surface area contributed by atoms with E-state index in [9.17, 15) is 0 Å². The first-order valence-electron chi connectivity index (χ1n) is 27.2. The third kappa shape index (κ3) is 8.19. The van der Waals surface area contributed by atoms with Crippen LogP contribution < -0.4 is 35.7 Å². The Labute approximate surface area is 453 Å². The van der Waals surface area contributed by atoms with Crippen molar-refractivity contribution < 1.29 is 9.47 Å². The molecule has 0 amide bonds. The number of nitrogens with zero attached hydrogens (tertiary/aromatic N) is 2. The number of rotatable bonds is 5. The van der Waals surface area contributed by atoms with Crippen molar-refractivity contribution in [1.82, 2.24) is 0 Å². The van der Waals surface area contributed by atoms with E-state index < -0.39 is 0 Å². The van der Waals surface area contributed by atoms with Gasteiger partial charge in [0.05, 0.1) is 18.9 Å². The lowest BCUT2D eigenvalue weighted by atomic mass is 9.33. The molecule has 0 radical (unpaired) electrons. The lowest BCUT2D eigenvalue weighted by Crippen LogP contribution is -2.61. The van der Waals surface area contributed by atoms with Crippen LogP contribution >= 0.6 is 11.3 Å². The minimum atomic E-state index is -0.125. The predicted octanol–water partition coefficient (Wildman–Crippen LogP) is 17.5. The molecule has 9 aromatic carbocycles. The number of ether oxygens (including phenoxy) is 2. The number of fused-ring (bicyclic) bond motifs is 9. The molecule has 0 fully saturated rings. The summed E-state index contributed by atoms with van der Waals surface area (Å²) in [5.41, 5.74) is 22.8. The van der Waals surface area contributed by atoms with Crippen molar-refractivity contribution in [1.29, 1.82) is 0 Å². The van der Waals surface area contributed by atoms with Crippen LogP contribution in [0.25, 0.3) is 53.6 Å². The lowest BCUT2D eigenvalue weighted by Gasteiger charge is -2.45. The third-order valence-electron chi connectivity index (χ3n) is 16.1. The van der Waals surface area contributed by atoms with E-state index in [1.807, 2.05) is 11.3 Å². The molecule has 10 aromatic rings. The number of anilines is 6. The maximum atomic E-state index is 6.89. The van der Waals surface area contributed by atoms with Crippen molar-refractivity contribution >= 4 is 88.7 Å². The monoisotopic (exact) mass is 1010 g/mol. The average Bonchev–Trinajstić information content (AvgIpc) is 3.78. The van der Waals surface area contributed by atoms with Crippen molar-refractivity contribution in [3.63, 3.8) is 0 Å². The Morgan fingerprint density at radius 2 is 0.987 bits per heavy atom. The number of aryl methyl sites for hydroxylation is 1. The maximum Gasteiger partial charge on any atom is 0.252 e. The molecular formula is C70H65BN2O2S. The smallest absolute Gasteiger partial charge is 0.252 e. The van der Waals surface area contributed by atoms with Gasteiger partial charge in [-0.05, 0) is 162 Å². The summed E-state index contributed by atoms with van der Waals surface area (Å²) in [6, 6.07) is 67.3. The number of hydrogen-bond acceptors (Lipinski definition) is 5. The van der Waals surface area contributed by atoms with E-state index in [1.54, 1.807) is 0 Å². The van der Waals surface area contributed by atoms with Gasteiger partial charge >= 0.3 is 0 Å². The van der Waals surface area contributed by atoms with Crippen LogP contribution in [0.2, 0.25) is 0 Å². The van der Waals surface area contributed by atoms with Crippen LogP contribution in [0.5, 0.6) is 11.5 Å². The van der Waals surface area contributed by atoms with Gasteiger partial charge in [0.1, 0.15) is 0 Å². The fourth-order valence-electron chi connectivity index (χ4n) is 12.0. The van der Waals surface area contributed by atoms with Gasteiger partial charge in [0.2, 0.25) is 0 Å². The summed E-state index contributed by atoms with van der Waals surface area (Å²) >= 11 is 1.87. The molecule has 0 unspecified atom stereocenters. The molecule has 0 bridgehead atoms. The summed E-state index contributed by atoms with van der Waals surface area (Å²) in [6.07, 6.45) is 0.820. The van der Waals surface area contributed by atoms with Gasteiger partial charge < -0.3 is 19.3 Å². The number of hydrogen-bond donors (Lipinski definition) is 0. The van der Waals surface area contributed by atoms with E-state index in [0.717, 1.165) is 46.4 Å². The van der Waals surface area contributed by atoms with Gasteiger partial charge in [-0.15, -0.1) is 11.3 Å². The highest BCUT2D eigenvalue weighted by molar-refractivity contribution is 7.25. The van der Waals surface area contributed by atoms with Crippen molar-refractivity contribution in [3.8, 4) is 44.9 Å². The highest BCUT2D eigenvalue weighted by Gasteiger charge is 2.46. The summed E-state index contributed by atoms with van der Waals surface area (Å²) < 4.78 is 16.0. The van der Waals surface area contributed by atoms with Gasteiger partial charge in [-0.2, -0.15) is 0 Å². The molecule has 0 aliphatic carbocycles. The highest BCUT2D eigenvalue weighted by Crippen LogP contribution is 2.51. The van der Waals surface area contributed by atoms with Gasteiger partial charge in [0.15, 0.2) is 11.5 Å². The molecule has 0 atom stereocenters. The number of thiophene rings is 1. The van der Waals surface area contributed by atoms with E-state index >= 15 is 0 Å². The lowest BCUT2D eigenvalue weighted by molar-refractivity contribution is 0.297. The largest absolute Gasteiger partial charge is 0.489 e. The topological polar surface area (TPSA) is 24.9 Å². The standard InChI is InChI=1S/C70H65BN2O2S/c1-43-36-60-65-61(37-43)73(53-28-26-52(27-29-53)70(8,9)10)66-57(31-33-62-67(66)75-35-13-34-74-62)71(65)58-41-46(47-20-30-56-55-14-11-12-15-63(55)76-64(56)42-47)21-32-59(58)72(60)54-39-48(44-16-22-50(23-17-44)68(2,3)4)38-49(40-54)45-18-24-51(25-19-45)69(5,6)7/h11-12,14-33,36-42H,13,34-35H2,1-10H3. The molecule has 0 N–H and O–H groups in total. The van der Waals surface area contributed by atoms with Crippen molar-refractivity contribution in [2.45, 2.75) is 91.9 Å². The second kappa shape index (κ2) is 17.8. The van der Waals surface area contributed by atoms with Gasteiger partial charge in [0.25, 0.3) is 6.71 Å². The summed E-state index contributed by atoms with van der Waals surface area (Å²) in [4.78, 5) is 5.06. The zero-order valence-corrected chi connectivity index (χ0v) is 46.4. The minimum Gasteiger partial charge on any atom is -0.489 e. The zero-order chi connectivity index (χ0) is 52.4. The summed E-state index contributed by atoms with van der Waals surface area (Å²) in [6.45, 7) is 23.9. The summed E-state index contributed by atoms with van der Waals surface area (Å²) in [5.74, 6) is 1.61. The Morgan fingerprint density at radius 3 is 1.63 bits per heavy atom. The SMILES string of the molecule is Cc1cc2c3c(c1)N(c1ccc(C(C)(C)C)cc1)c1c(ccc4c1OCCCO4)B3c1cc(-c3ccc4c(c3)sc3ccccc34)ccc1N2c1cc(-c2ccc(C(C)(C)C)cc2)cc(-c2ccc(C(C)(C)C)cc2)c1. The Hall–Kier alpha value is -7.54. The second-order valence-electron chi connectivity index (χ2n) is 24.5. The molecule has 0 saturated heterocycles. The van der Waals surface area contributed by atoms with Crippen molar-refractivity contribution in [3.05, 3.63) is 198 Å². The quantitative estimate of drug-likeness (QED) is 0.160. The molecule has 1 aromatic heterocycles. The molecule has 4 nitrogen and oxygen atoms in total. The molecule has 3 aliphatic heterocycles. The van der Waals surface area contributed by atoms with Crippen LogP contribution in [0.4, 0.5) is 34.1 Å². The first-order valence-corrected chi connectivity index (χ1v) is 28.0. The third-order valence-corrected chi connectivity index (χ3v) is 17.3. The van der Waals surface area contributed by atoms with Crippen molar-refractivity contribution in [2.75, 3.05) is 23.0 Å². The highest BCUT2D eigenvalue weighted by atomic mass is 32.1. The Kier molecular flexibility index (Phi) is 11.3. The van der Waals surface area contributed by atoms with E-state index in [-0.39, 0.29) is 23.0 Å². The van der Waals surface area contributed by atoms with Gasteiger partial charge in [-0.3, -0.25) is 0 Å². The van der Waals surface area contributed by atoms with Crippen LogP contribution in [0.3, 0.4) is 0 Å². The van der Waals surface area contributed by atoms with Crippen LogP contribution in [0.15, 0.2) is 176 Å². The van der Waals surface area contributed by atoms with Gasteiger partial charge in [0, 0.05) is 55.0 Å². The minimum absolute atomic E-state index is 0.0000328. The molecule has 6 heteroatoms. The van der Waals surface area contributed by atoms with Gasteiger partial charge in [-0.1, -0.05) is 172 Å². The molecule has 376 valence electrons. The Balaban J connectivity index is 1.09. The van der Waals surface area contributed by atoms with Crippen LogP contribution in [0.1, 0.15) is 91.0 Å². The van der Waals surface area contributed by atoms with E-state index in [0.29, 0.717) is 13.2 Å². The number of benzene rings is 9. The molecule has 13 rings (SSSR count). The summed E-state index contributed by atoms with van der Waals surface area (Å²) in [5, 5.41) is 2.62. The zero-order valence-electron chi connectivity index (χ0n) is 45.6. The summed E-state index contributed by atoms with van der Waals surface area (Å²) in [7, 11) is 0. The van der Waals surface area contributed by atoms with Crippen molar-refractivity contribution in [2.24, 2.45) is 0 Å². The first-order chi connectivity index (χ1) is 36.5. The molecule has 0 saturated carbocycles. The fourth-order valence-corrected chi connectivity index (χ4v) is 13.1. The van der Waals surface area contributed by atoms with Gasteiger partial charge in [-0.25, -0.2) is 0 Å². The van der Waals surface area contributed by atoms with Crippen LogP contribution in [0, 0.1) is 6.92 Å². The van der Waals surface area contributed by atoms with Crippen LogP contribution in [-0.4, -0.2) is 19.9 Å². The molecule has 3 aliphatic rings. The molecule has 76 heavy (non-hydrogen) atoms. The molecule has 4 heterocycles. The Morgan fingerprint density at radius 1 is 0.434 bits per heavy atom. The normalized spacial score (nSPS) is 14.2. The van der Waals surface area contributed by atoms with Crippen LogP contribution in [-0.2, 0) is 16.2 Å². The second-order valence-corrected chi connectivity index (χ2v) is 25.6. The maximum absolute atomic E-state index is 6.89. The Bertz CT molecular complexity index is 3850.